The molecule has 1 aromatic carbocycles. The Hall–Kier alpha value is -2.03. The first-order valence-corrected chi connectivity index (χ1v) is 6.98. The van der Waals surface area contributed by atoms with Gasteiger partial charge in [-0.05, 0) is 44.6 Å². The molecule has 0 atom stereocenters. The van der Waals surface area contributed by atoms with Crippen LogP contribution in [-0.2, 0) is 6.42 Å². The highest BCUT2D eigenvalue weighted by Crippen LogP contribution is 2.35. The zero-order chi connectivity index (χ0) is 14.3. The number of hydrogen-bond acceptors (Lipinski definition) is 3. The molecule has 0 fully saturated rings. The van der Waals surface area contributed by atoms with Gasteiger partial charge in [0, 0.05) is 12.5 Å². The maximum atomic E-state index is 12.2. The molecule has 0 aliphatic carbocycles. The van der Waals surface area contributed by atoms with Crippen molar-refractivity contribution in [3.05, 3.63) is 45.8 Å². The van der Waals surface area contributed by atoms with Gasteiger partial charge in [-0.2, -0.15) is 0 Å². The summed E-state index contributed by atoms with van der Waals surface area (Å²) in [5.74, 6) is 1.50. The minimum absolute atomic E-state index is 0.00994. The van der Waals surface area contributed by atoms with Crippen molar-refractivity contribution in [2.75, 3.05) is 0 Å². The Morgan fingerprint density at radius 2 is 2.05 bits per heavy atom. The SMILES string of the molecule is CCCc1cc(=O)c2ccc3c(c2o1)C=CC(C)(C)O3. The lowest BCUT2D eigenvalue weighted by Gasteiger charge is -2.27. The predicted molar refractivity (Wildman–Crippen MR) is 80.2 cm³/mol. The number of benzene rings is 1. The summed E-state index contributed by atoms with van der Waals surface area (Å²) in [6, 6.07) is 5.22. The van der Waals surface area contributed by atoms with Crippen LogP contribution in [0.4, 0.5) is 0 Å². The molecule has 0 saturated carbocycles. The van der Waals surface area contributed by atoms with Gasteiger partial charge in [-0.3, -0.25) is 4.79 Å². The number of hydrogen-bond donors (Lipinski definition) is 0. The summed E-state index contributed by atoms with van der Waals surface area (Å²) >= 11 is 0. The van der Waals surface area contributed by atoms with E-state index in [0.29, 0.717) is 11.0 Å². The summed E-state index contributed by atoms with van der Waals surface area (Å²) in [4.78, 5) is 12.2. The number of aryl methyl sites for hydroxylation is 1. The second kappa shape index (κ2) is 4.51. The molecule has 0 saturated heterocycles. The highest BCUT2D eigenvalue weighted by Gasteiger charge is 2.24. The molecular weight excluding hydrogens is 252 g/mol. The minimum atomic E-state index is -0.331. The summed E-state index contributed by atoms with van der Waals surface area (Å²) in [7, 11) is 0. The van der Waals surface area contributed by atoms with Crippen LogP contribution in [-0.4, -0.2) is 5.60 Å². The summed E-state index contributed by atoms with van der Waals surface area (Å²) in [5.41, 5.74) is 1.17. The van der Waals surface area contributed by atoms with E-state index in [1.165, 1.54) is 0 Å². The second-order valence-electron chi connectivity index (χ2n) is 5.72. The monoisotopic (exact) mass is 270 g/mol. The third-order valence-corrected chi connectivity index (χ3v) is 3.47. The third-order valence-electron chi connectivity index (χ3n) is 3.47. The van der Waals surface area contributed by atoms with Crippen molar-refractivity contribution in [2.45, 2.75) is 39.2 Å². The van der Waals surface area contributed by atoms with E-state index in [1.807, 2.05) is 32.1 Å². The van der Waals surface area contributed by atoms with Crippen molar-refractivity contribution in [1.82, 2.24) is 0 Å². The smallest absolute Gasteiger partial charge is 0.192 e. The molecule has 2 heterocycles. The van der Waals surface area contributed by atoms with E-state index in [1.54, 1.807) is 12.1 Å². The van der Waals surface area contributed by atoms with E-state index in [-0.39, 0.29) is 11.0 Å². The topological polar surface area (TPSA) is 39.4 Å². The second-order valence-corrected chi connectivity index (χ2v) is 5.72. The fourth-order valence-electron chi connectivity index (χ4n) is 2.49. The van der Waals surface area contributed by atoms with Crippen LogP contribution in [0.15, 0.2) is 33.5 Å². The first kappa shape index (κ1) is 13.0. The summed E-state index contributed by atoms with van der Waals surface area (Å²) in [6.45, 7) is 6.07. The third kappa shape index (κ3) is 2.13. The Bertz CT molecular complexity index is 751. The van der Waals surface area contributed by atoms with Gasteiger partial charge in [-0.1, -0.05) is 6.92 Å². The van der Waals surface area contributed by atoms with Gasteiger partial charge in [0.2, 0.25) is 0 Å². The van der Waals surface area contributed by atoms with E-state index in [0.717, 1.165) is 29.9 Å². The molecule has 0 bridgehead atoms. The molecule has 1 aromatic heterocycles. The maximum absolute atomic E-state index is 12.2. The molecule has 0 amide bonds. The predicted octanol–water partition coefficient (Wildman–Crippen LogP) is 3.93. The van der Waals surface area contributed by atoms with Gasteiger partial charge in [0.15, 0.2) is 5.43 Å². The summed E-state index contributed by atoms with van der Waals surface area (Å²) in [5, 5.41) is 0.608. The number of rotatable bonds is 2. The van der Waals surface area contributed by atoms with Gasteiger partial charge in [-0.25, -0.2) is 0 Å². The van der Waals surface area contributed by atoms with Crippen LogP contribution in [0, 0.1) is 0 Å². The minimum Gasteiger partial charge on any atom is -0.483 e. The van der Waals surface area contributed by atoms with Gasteiger partial charge in [-0.15, -0.1) is 0 Å². The van der Waals surface area contributed by atoms with Crippen molar-refractivity contribution < 1.29 is 9.15 Å². The molecule has 20 heavy (non-hydrogen) atoms. The Morgan fingerprint density at radius 1 is 1.25 bits per heavy atom. The average molecular weight is 270 g/mol. The quantitative estimate of drug-likeness (QED) is 0.830. The Kier molecular flexibility index (Phi) is 2.93. The molecule has 2 aromatic rings. The molecule has 0 spiro atoms. The first-order valence-electron chi connectivity index (χ1n) is 6.98. The summed E-state index contributed by atoms with van der Waals surface area (Å²) < 4.78 is 11.8. The van der Waals surface area contributed by atoms with Crippen LogP contribution in [0.2, 0.25) is 0 Å². The molecule has 0 radical (unpaired) electrons. The van der Waals surface area contributed by atoms with Crippen molar-refractivity contribution in [3.63, 3.8) is 0 Å². The Labute approximate surface area is 117 Å². The molecule has 0 unspecified atom stereocenters. The lowest BCUT2D eigenvalue weighted by Crippen LogP contribution is -2.27. The normalized spacial score (nSPS) is 15.9. The lowest BCUT2D eigenvalue weighted by molar-refractivity contribution is 0.159. The van der Waals surface area contributed by atoms with Gasteiger partial charge in [0.05, 0.1) is 10.9 Å². The van der Waals surface area contributed by atoms with Crippen LogP contribution in [0.1, 0.15) is 38.5 Å². The molecule has 1 aliphatic rings. The van der Waals surface area contributed by atoms with Crippen LogP contribution in [0.3, 0.4) is 0 Å². The van der Waals surface area contributed by atoms with E-state index in [2.05, 4.69) is 6.92 Å². The summed E-state index contributed by atoms with van der Waals surface area (Å²) in [6.07, 6.45) is 5.69. The first-order chi connectivity index (χ1) is 9.50. The average Bonchev–Trinajstić information content (AvgIpc) is 2.37. The van der Waals surface area contributed by atoms with Gasteiger partial charge < -0.3 is 9.15 Å². The van der Waals surface area contributed by atoms with Gasteiger partial charge in [0.1, 0.15) is 22.7 Å². The zero-order valence-electron chi connectivity index (χ0n) is 12.0. The Balaban J connectivity index is 2.27. The van der Waals surface area contributed by atoms with E-state index >= 15 is 0 Å². The molecule has 104 valence electrons. The molecule has 3 rings (SSSR count). The number of fused-ring (bicyclic) bond motifs is 3. The van der Waals surface area contributed by atoms with Gasteiger partial charge in [0.25, 0.3) is 0 Å². The van der Waals surface area contributed by atoms with Crippen molar-refractivity contribution in [3.8, 4) is 5.75 Å². The zero-order valence-corrected chi connectivity index (χ0v) is 12.0. The molecule has 3 heteroatoms. The van der Waals surface area contributed by atoms with E-state index in [9.17, 15) is 4.79 Å². The standard InChI is InChI=1S/C17H18O3/c1-4-5-11-10-14(18)12-6-7-15-13(16(12)19-11)8-9-17(2,3)20-15/h6-10H,4-5H2,1-3H3. The van der Waals surface area contributed by atoms with Gasteiger partial charge >= 0.3 is 0 Å². The van der Waals surface area contributed by atoms with Crippen molar-refractivity contribution in [2.24, 2.45) is 0 Å². The molecular formula is C17H18O3. The van der Waals surface area contributed by atoms with Crippen LogP contribution < -0.4 is 10.2 Å². The highest BCUT2D eigenvalue weighted by molar-refractivity contribution is 5.89. The molecule has 0 N–H and O–H groups in total. The highest BCUT2D eigenvalue weighted by atomic mass is 16.5. The number of ether oxygens (including phenoxy) is 1. The van der Waals surface area contributed by atoms with Crippen LogP contribution in [0.5, 0.6) is 5.75 Å². The largest absolute Gasteiger partial charge is 0.483 e. The van der Waals surface area contributed by atoms with Crippen molar-refractivity contribution >= 4 is 17.0 Å². The van der Waals surface area contributed by atoms with E-state index < -0.39 is 0 Å². The fourth-order valence-corrected chi connectivity index (χ4v) is 2.49. The van der Waals surface area contributed by atoms with E-state index in [4.69, 9.17) is 9.15 Å². The van der Waals surface area contributed by atoms with Crippen LogP contribution in [0.25, 0.3) is 17.0 Å². The fraction of sp³-hybridized carbons (Fsp3) is 0.353. The lowest BCUT2D eigenvalue weighted by atomic mass is 10.0. The molecule has 1 aliphatic heterocycles. The van der Waals surface area contributed by atoms with Crippen LogP contribution >= 0.6 is 0 Å². The Morgan fingerprint density at radius 3 is 2.80 bits per heavy atom. The maximum Gasteiger partial charge on any atom is 0.192 e. The van der Waals surface area contributed by atoms with Crippen molar-refractivity contribution in [1.29, 1.82) is 0 Å². The molecule has 3 nitrogen and oxygen atoms in total.